The third kappa shape index (κ3) is 3.06. The van der Waals surface area contributed by atoms with Crippen LogP contribution in [0.2, 0.25) is 5.15 Å². The van der Waals surface area contributed by atoms with Gasteiger partial charge in [-0.2, -0.15) is 9.61 Å². The molecule has 2 heterocycles. The standard InChI is InChI=1S/C14H21ClN4/c1-4-5-6-7-8-9-12-16-17-14-11(3)10(2)13(15)18-19(12)14/h4-9H2,1-3H3. The van der Waals surface area contributed by atoms with E-state index in [-0.39, 0.29) is 0 Å². The molecule has 0 spiro atoms. The third-order valence-electron chi connectivity index (χ3n) is 3.60. The molecule has 0 saturated carbocycles. The highest BCUT2D eigenvalue weighted by Gasteiger charge is 2.12. The van der Waals surface area contributed by atoms with E-state index in [0.717, 1.165) is 35.4 Å². The molecular formula is C14H21ClN4. The fourth-order valence-corrected chi connectivity index (χ4v) is 2.40. The van der Waals surface area contributed by atoms with E-state index in [2.05, 4.69) is 22.2 Å². The summed E-state index contributed by atoms with van der Waals surface area (Å²) in [5, 5.41) is 13.4. The second kappa shape index (κ2) is 6.33. The van der Waals surface area contributed by atoms with Crippen molar-refractivity contribution >= 4 is 17.2 Å². The Balaban J connectivity index is 2.12. The van der Waals surface area contributed by atoms with Crippen LogP contribution in [0.3, 0.4) is 0 Å². The first-order chi connectivity index (χ1) is 9.15. The van der Waals surface area contributed by atoms with Gasteiger partial charge in [0.2, 0.25) is 0 Å². The number of aromatic nitrogens is 4. The van der Waals surface area contributed by atoms with Gasteiger partial charge in [0.25, 0.3) is 0 Å². The van der Waals surface area contributed by atoms with Crippen molar-refractivity contribution in [1.29, 1.82) is 0 Å². The second-order valence-electron chi connectivity index (χ2n) is 5.06. The summed E-state index contributed by atoms with van der Waals surface area (Å²) in [7, 11) is 0. The fourth-order valence-electron chi connectivity index (χ4n) is 2.18. The average Bonchev–Trinajstić information content (AvgIpc) is 2.79. The molecule has 0 aliphatic rings. The van der Waals surface area contributed by atoms with Gasteiger partial charge in [-0.25, -0.2) is 0 Å². The Hall–Kier alpha value is -1.16. The number of hydrogen-bond acceptors (Lipinski definition) is 3. The van der Waals surface area contributed by atoms with Gasteiger partial charge in [0.05, 0.1) is 0 Å². The minimum atomic E-state index is 0.539. The Kier molecular flexibility index (Phi) is 4.75. The molecular weight excluding hydrogens is 260 g/mol. The predicted octanol–water partition coefficient (Wildman–Crippen LogP) is 3.91. The summed E-state index contributed by atoms with van der Waals surface area (Å²) in [4.78, 5) is 0. The molecule has 0 bridgehead atoms. The van der Waals surface area contributed by atoms with E-state index in [4.69, 9.17) is 11.6 Å². The van der Waals surface area contributed by atoms with Crippen LogP contribution in [0.1, 0.15) is 56.0 Å². The molecule has 0 amide bonds. The maximum atomic E-state index is 6.14. The Morgan fingerprint density at radius 2 is 1.74 bits per heavy atom. The molecule has 2 aromatic heterocycles. The van der Waals surface area contributed by atoms with E-state index in [1.807, 2.05) is 13.8 Å². The average molecular weight is 281 g/mol. The van der Waals surface area contributed by atoms with Gasteiger partial charge >= 0.3 is 0 Å². The molecule has 0 aliphatic heterocycles. The third-order valence-corrected chi connectivity index (χ3v) is 3.96. The van der Waals surface area contributed by atoms with Crippen LogP contribution < -0.4 is 0 Å². The maximum Gasteiger partial charge on any atom is 0.181 e. The molecule has 19 heavy (non-hydrogen) atoms. The summed E-state index contributed by atoms with van der Waals surface area (Å²) < 4.78 is 1.80. The quantitative estimate of drug-likeness (QED) is 0.754. The van der Waals surface area contributed by atoms with Crippen molar-refractivity contribution in [1.82, 2.24) is 19.8 Å². The van der Waals surface area contributed by atoms with Crippen LogP contribution >= 0.6 is 11.6 Å². The van der Waals surface area contributed by atoms with Gasteiger partial charge in [0.1, 0.15) is 0 Å². The topological polar surface area (TPSA) is 43.1 Å². The summed E-state index contributed by atoms with van der Waals surface area (Å²) in [6.07, 6.45) is 7.15. The molecule has 0 fully saturated rings. The van der Waals surface area contributed by atoms with Crippen LogP contribution in [-0.2, 0) is 6.42 Å². The summed E-state index contributed by atoms with van der Waals surface area (Å²) in [5.74, 6) is 0.913. The van der Waals surface area contributed by atoms with Gasteiger partial charge in [-0.05, 0) is 25.8 Å². The lowest BCUT2D eigenvalue weighted by molar-refractivity contribution is 0.615. The fraction of sp³-hybridized carbons (Fsp3) is 0.643. The molecule has 0 saturated heterocycles. The number of hydrogen-bond donors (Lipinski definition) is 0. The number of unbranched alkanes of at least 4 members (excludes halogenated alkanes) is 4. The lowest BCUT2D eigenvalue weighted by Crippen LogP contribution is -2.02. The van der Waals surface area contributed by atoms with E-state index in [1.54, 1.807) is 4.52 Å². The summed E-state index contributed by atoms with van der Waals surface area (Å²) in [5.41, 5.74) is 2.87. The van der Waals surface area contributed by atoms with Crippen molar-refractivity contribution in [2.45, 2.75) is 59.3 Å². The maximum absolute atomic E-state index is 6.14. The molecule has 104 valence electrons. The van der Waals surface area contributed by atoms with Crippen LogP contribution in [0.4, 0.5) is 0 Å². The largest absolute Gasteiger partial charge is 0.196 e. The Morgan fingerprint density at radius 1 is 1.00 bits per heavy atom. The minimum Gasteiger partial charge on any atom is -0.196 e. The van der Waals surface area contributed by atoms with Gasteiger partial charge in [-0.1, -0.05) is 44.2 Å². The molecule has 5 heteroatoms. The normalized spacial score (nSPS) is 11.4. The highest BCUT2D eigenvalue weighted by molar-refractivity contribution is 6.30. The Morgan fingerprint density at radius 3 is 2.47 bits per heavy atom. The summed E-state index contributed by atoms with van der Waals surface area (Å²) in [6.45, 7) is 6.20. The Bertz CT molecular complexity index is 562. The second-order valence-corrected chi connectivity index (χ2v) is 5.41. The van der Waals surface area contributed by atoms with Gasteiger partial charge in [0.15, 0.2) is 16.6 Å². The van der Waals surface area contributed by atoms with Crippen molar-refractivity contribution in [2.24, 2.45) is 0 Å². The molecule has 0 unspecified atom stereocenters. The van der Waals surface area contributed by atoms with Crippen molar-refractivity contribution in [3.63, 3.8) is 0 Å². The first-order valence-corrected chi connectivity index (χ1v) is 7.40. The van der Waals surface area contributed by atoms with Crippen LogP contribution in [0, 0.1) is 13.8 Å². The van der Waals surface area contributed by atoms with Crippen LogP contribution in [0.5, 0.6) is 0 Å². The van der Waals surface area contributed by atoms with Crippen LogP contribution in [0.15, 0.2) is 0 Å². The number of halogens is 1. The molecule has 0 aliphatic carbocycles. The van der Waals surface area contributed by atoms with Gasteiger partial charge in [0, 0.05) is 12.0 Å². The lowest BCUT2D eigenvalue weighted by atomic mass is 10.1. The van der Waals surface area contributed by atoms with E-state index in [1.165, 1.54) is 25.7 Å². The molecule has 0 atom stereocenters. The smallest absolute Gasteiger partial charge is 0.181 e. The van der Waals surface area contributed by atoms with E-state index in [9.17, 15) is 0 Å². The van der Waals surface area contributed by atoms with Crippen molar-refractivity contribution < 1.29 is 0 Å². The molecule has 2 rings (SSSR count). The number of aryl methyl sites for hydroxylation is 2. The van der Waals surface area contributed by atoms with Gasteiger partial charge < -0.3 is 0 Å². The molecule has 4 nitrogen and oxygen atoms in total. The van der Waals surface area contributed by atoms with E-state index in [0.29, 0.717) is 5.15 Å². The van der Waals surface area contributed by atoms with Crippen LogP contribution in [-0.4, -0.2) is 19.8 Å². The molecule has 0 radical (unpaired) electrons. The summed E-state index contributed by atoms with van der Waals surface area (Å²) in [6, 6.07) is 0. The first kappa shape index (κ1) is 14.3. The zero-order valence-electron chi connectivity index (χ0n) is 11.9. The van der Waals surface area contributed by atoms with E-state index >= 15 is 0 Å². The van der Waals surface area contributed by atoms with Crippen molar-refractivity contribution in [3.8, 4) is 0 Å². The van der Waals surface area contributed by atoms with Gasteiger partial charge in [-0.15, -0.1) is 10.2 Å². The number of rotatable bonds is 6. The first-order valence-electron chi connectivity index (χ1n) is 7.02. The van der Waals surface area contributed by atoms with E-state index < -0.39 is 0 Å². The minimum absolute atomic E-state index is 0.539. The lowest BCUT2D eigenvalue weighted by Gasteiger charge is -2.05. The highest BCUT2D eigenvalue weighted by Crippen LogP contribution is 2.20. The van der Waals surface area contributed by atoms with Crippen molar-refractivity contribution in [3.05, 3.63) is 22.1 Å². The number of nitrogens with zero attached hydrogens (tertiary/aromatic N) is 4. The molecule has 0 N–H and O–H groups in total. The highest BCUT2D eigenvalue weighted by atomic mass is 35.5. The molecule has 0 aromatic carbocycles. The van der Waals surface area contributed by atoms with Gasteiger partial charge in [-0.3, -0.25) is 0 Å². The summed E-state index contributed by atoms with van der Waals surface area (Å²) >= 11 is 6.14. The van der Waals surface area contributed by atoms with Crippen LogP contribution in [0.25, 0.3) is 5.65 Å². The Labute approximate surface area is 119 Å². The zero-order chi connectivity index (χ0) is 13.8. The zero-order valence-corrected chi connectivity index (χ0v) is 12.7. The number of fused-ring (bicyclic) bond motifs is 1. The predicted molar refractivity (Wildman–Crippen MR) is 77.7 cm³/mol. The SMILES string of the molecule is CCCCCCCc1nnc2c(C)c(C)c(Cl)nn12. The monoisotopic (exact) mass is 280 g/mol. The van der Waals surface area contributed by atoms with Crippen molar-refractivity contribution in [2.75, 3.05) is 0 Å². The molecule has 2 aromatic rings.